The van der Waals surface area contributed by atoms with Gasteiger partial charge in [-0.05, 0) is 24.3 Å². The lowest BCUT2D eigenvalue weighted by Gasteiger charge is -2.08. The SMILES string of the molecule is COC(=O)c1cccc(C(=O)Nc2ccc(OC)cc2[N+](=O)[O-])n1. The molecule has 0 bridgehead atoms. The minimum absolute atomic E-state index is 0.0175. The normalized spacial score (nSPS) is 9.92. The molecular formula is C15H13N3O6. The van der Waals surface area contributed by atoms with E-state index in [1.165, 1.54) is 50.6 Å². The Bertz CT molecular complexity index is 806. The number of esters is 1. The van der Waals surface area contributed by atoms with Crippen LogP contribution in [-0.4, -0.2) is 36.0 Å². The number of rotatable bonds is 5. The Balaban J connectivity index is 2.30. The molecule has 0 saturated heterocycles. The zero-order chi connectivity index (χ0) is 17.7. The van der Waals surface area contributed by atoms with Crippen LogP contribution < -0.4 is 10.1 Å². The highest BCUT2D eigenvalue weighted by molar-refractivity contribution is 6.04. The van der Waals surface area contributed by atoms with Crippen molar-refractivity contribution in [2.24, 2.45) is 0 Å². The van der Waals surface area contributed by atoms with Gasteiger partial charge in [0.1, 0.15) is 22.8 Å². The highest BCUT2D eigenvalue weighted by Crippen LogP contribution is 2.29. The number of anilines is 1. The van der Waals surface area contributed by atoms with Gasteiger partial charge in [-0.1, -0.05) is 6.07 Å². The van der Waals surface area contributed by atoms with Gasteiger partial charge in [0.15, 0.2) is 0 Å². The molecule has 9 heteroatoms. The van der Waals surface area contributed by atoms with Crippen LogP contribution in [0.2, 0.25) is 0 Å². The summed E-state index contributed by atoms with van der Waals surface area (Å²) in [7, 11) is 2.57. The van der Waals surface area contributed by atoms with Crippen molar-refractivity contribution >= 4 is 23.3 Å². The van der Waals surface area contributed by atoms with Crippen LogP contribution in [0.1, 0.15) is 21.0 Å². The number of carbonyl (C=O) groups excluding carboxylic acids is 2. The predicted octanol–water partition coefficient (Wildman–Crippen LogP) is 2.04. The van der Waals surface area contributed by atoms with E-state index in [0.717, 1.165) is 0 Å². The number of nitro groups is 1. The van der Waals surface area contributed by atoms with Crippen LogP contribution in [0.4, 0.5) is 11.4 Å². The fraction of sp³-hybridized carbons (Fsp3) is 0.133. The van der Waals surface area contributed by atoms with Crippen LogP contribution in [0.15, 0.2) is 36.4 Å². The molecule has 0 saturated carbocycles. The maximum absolute atomic E-state index is 12.2. The number of nitrogens with one attached hydrogen (secondary N) is 1. The molecule has 2 aromatic rings. The Labute approximate surface area is 136 Å². The third-order valence-corrected chi connectivity index (χ3v) is 3.03. The van der Waals surface area contributed by atoms with Crippen LogP contribution in [-0.2, 0) is 4.74 Å². The molecule has 1 N–H and O–H groups in total. The van der Waals surface area contributed by atoms with Gasteiger partial charge in [-0.25, -0.2) is 9.78 Å². The van der Waals surface area contributed by atoms with E-state index in [0.29, 0.717) is 0 Å². The lowest BCUT2D eigenvalue weighted by Crippen LogP contribution is -2.16. The van der Waals surface area contributed by atoms with E-state index in [2.05, 4.69) is 15.0 Å². The molecule has 0 aliphatic heterocycles. The summed E-state index contributed by atoms with van der Waals surface area (Å²) in [5, 5.41) is 13.5. The summed E-state index contributed by atoms with van der Waals surface area (Å²) in [5.41, 5.74) is -0.472. The average molecular weight is 331 g/mol. The number of amides is 1. The second-order valence-corrected chi connectivity index (χ2v) is 4.49. The molecule has 0 fully saturated rings. The molecule has 0 aliphatic rings. The number of pyridine rings is 1. The highest BCUT2D eigenvalue weighted by atomic mass is 16.6. The van der Waals surface area contributed by atoms with Crippen molar-refractivity contribution in [1.29, 1.82) is 0 Å². The van der Waals surface area contributed by atoms with Crippen LogP contribution in [0.25, 0.3) is 0 Å². The summed E-state index contributed by atoms with van der Waals surface area (Å²) in [4.78, 5) is 38.0. The van der Waals surface area contributed by atoms with Gasteiger partial charge in [-0.3, -0.25) is 14.9 Å². The minimum atomic E-state index is -0.700. The van der Waals surface area contributed by atoms with Gasteiger partial charge in [0.05, 0.1) is 25.2 Å². The van der Waals surface area contributed by atoms with Crippen molar-refractivity contribution in [2.75, 3.05) is 19.5 Å². The smallest absolute Gasteiger partial charge is 0.356 e. The summed E-state index contributed by atoms with van der Waals surface area (Å²) in [6, 6.07) is 8.22. The number of aromatic nitrogens is 1. The van der Waals surface area contributed by atoms with Gasteiger partial charge in [0, 0.05) is 0 Å². The molecule has 9 nitrogen and oxygen atoms in total. The number of benzene rings is 1. The van der Waals surface area contributed by atoms with Gasteiger partial charge in [0.2, 0.25) is 0 Å². The predicted molar refractivity (Wildman–Crippen MR) is 83.2 cm³/mol. The summed E-state index contributed by atoms with van der Waals surface area (Å²) in [6.07, 6.45) is 0. The highest BCUT2D eigenvalue weighted by Gasteiger charge is 2.19. The van der Waals surface area contributed by atoms with Gasteiger partial charge < -0.3 is 14.8 Å². The third kappa shape index (κ3) is 3.64. The molecule has 1 aromatic carbocycles. The zero-order valence-corrected chi connectivity index (χ0v) is 12.8. The summed E-state index contributed by atoms with van der Waals surface area (Å²) < 4.78 is 9.45. The lowest BCUT2D eigenvalue weighted by molar-refractivity contribution is -0.384. The van der Waals surface area contributed by atoms with Crippen LogP contribution in [0, 0.1) is 10.1 Å². The Kier molecular flexibility index (Phi) is 5.05. The van der Waals surface area contributed by atoms with E-state index < -0.39 is 16.8 Å². The van der Waals surface area contributed by atoms with Crippen LogP contribution in [0.3, 0.4) is 0 Å². The fourth-order valence-electron chi connectivity index (χ4n) is 1.86. The van der Waals surface area contributed by atoms with Crippen molar-refractivity contribution in [3.8, 4) is 5.75 Å². The van der Waals surface area contributed by atoms with Crippen molar-refractivity contribution in [3.63, 3.8) is 0 Å². The second kappa shape index (κ2) is 7.18. The number of nitrogens with zero attached hydrogens (tertiary/aromatic N) is 2. The quantitative estimate of drug-likeness (QED) is 0.505. The zero-order valence-electron chi connectivity index (χ0n) is 12.8. The fourth-order valence-corrected chi connectivity index (χ4v) is 1.86. The number of carbonyl (C=O) groups is 2. The van der Waals surface area contributed by atoms with Crippen molar-refractivity contribution < 1.29 is 24.0 Å². The third-order valence-electron chi connectivity index (χ3n) is 3.03. The summed E-state index contributed by atoms with van der Waals surface area (Å²) in [6.45, 7) is 0. The molecule has 0 aliphatic carbocycles. The maximum atomic E-state index is 12.2. The Hall–Kier alpha value is -3.49. The van der Waals surface area contributed by atoms with Gasteiger partial charge in [-0.15, -0.1) is 0 Å². The van der Waals surface area contributed by atoms with Crippen molar-refractivity contribution in [1.82, 2.24) is 4.98 Å². The molecule has 0 spiro atoms. The summed E-state index contributed by atoms with van der Waals surface area (Å²) in [5.74, 6) is -1.11. The molecule has 1 aromatic heterocycles. The number of hydrogen-bond acceptors (Lipinski definition) is 7. The van der Waals surface area contributed by atoms with Crippen LogP contribution in [0.5, 0.6) is 5.75 Å². The lowest BCUT2D eigenvalue weighted by atomic mass is 10.2. The first-order valence-corrected chi connectivity index (χ1v) is 6.65. The molecule has 1 amide bonds. The van der Waals surface area contributed by atoms with E-state index >= 15 is 0 Å². The molecular weight excluding hydrogens is 318 g/mol. The Morgan fingerprint density at radius 1 is 1.17 bits per heavy atom. The Morgan fingerprint density at radius 2 is 1.88 bits per heavy atom. The monoisotopic (exact) mass is 331 g/mol. The number of hydrogen-bond donors (Lipinski definition) is 1. The van der Waals surface area contributed by atoms with Crippen molar-refractivity contribution in [2.45, 2.75) is 0 Å². The van der Waals surface area contributed by atoms with Gasteiger partial charge >= 0.3 is 5.97 Å². The van der Waals surface area contributed by atoms with Gasteiger partial charge in [-0.2, -0.15) is 0 Å². The van der Waals surface area contributed by atoms with Crippen LogP contribution >= 0.6 is 0 Å². The number of methoxy groups -OCH3 is 2. The van der Waals surface area contributed by atoms with E-state index in [9.17, 15) is 19.7 Å². The topological polar surface area (TPSA) is 121 Å². The standard InChI is InChI=1S/C15H13N3O6/c1-23-9-6-7-10(13(8-9)18(21)22)17-14(19)11-4-3-5-12(16-11)15(20)24-2/h3-8H,1-2H3,(H,17,19). The first-order chi connectivity index (χ1) is 11.5. The first-order valence-electron chi connectivity index (χ1n) is 6.65. The average Bonchev–Trinajstić information content (AvgIpc) is 2.61. The maximum Gasteiger partial charge on any atom is 0.356 e. The molecule has 2 rings (SSSR count). The molecule has 124 valence electrons. The number of ether oxygens (including phenoxy) is 2. The largest absolute Gasteiger partial charge is 0.496 e. The molecule has 0 unspecified atom stereocenters. The van der Waals surface area contributed by atoms with E-state index in [1.54, 1.807) is 0 Å². The molecule has 0 atom stereocenters. The second-order valence-electron chi connectivity index (χ2n) is 4.49. The minimum Gasteiger partial charge on any atom is -0.496 e. The molecule has 1 heterocycles. The Morgan fingerprint density at radius 3 is 2.50 bits per heavy atom. The summed E-state index contributed by atoms with van der Waals surface area (Å²) >= 11 is 0. The molecule has 0 radical (unpaired) electrons. The first kappa shape index (κ1) is 16.9. The molecule has 24 heavy (non-hydrogen) atoms. The van der Waals surface area contributed by atoms with E-state index in [4.69, 9.17) is 4.74 Å². The van der Waals surface area contributed by atoms with Crippen molar-refractivity contribution in [3.05, 3.63) is 57.9 Å². The number of nitro benzene ring substituents is 1. The van der Waals surface area contributed by atoms with Gasteiger partial charge in [0.25, 0.3) is 11.6 Å². The van der Waals surface area contributed by atoms with E-state index in [-0.39, 0.29) is 28.5 Å². The van der Waals surface area contributed by atoms with E-state index in [1.807, 2.05) is 0 Å².